The number of aromatic hydroxyl groups is 1. The SMILES string of the molecule is COC(=O)C1CCN(CC2(COc3nc(N4CC5CCC(C4)N5)c4cc(F)c(-c5cc(O)cc6cccc(C#C[Si](C(C)C)(C(C)C)C(C)C)c56)c(F)c4n3)CC2)CC1. The van der Waals surface area contributed by atoms with Gasteiger partial charge in [-0.2, -0.15) is 9.97 Å². The van der Waals surface area contributed by atoms with Gasteiger partial charge in [-0.15, -0.1) is 5.54 Å². The van der Waals surface area contributed by atoms with Crippen LogP contribution in [0.5, 0.6) is 11.8 Å². The van der Waals surface area contributed by atoms with Gasteiger partial charge in [0.05, 0.1) is 25.2 Å². The summed E-state index contributed by atoms with van der Waals surface area (Å²) in [7, 11) is -0.710. The number of esters is 1. The summed E-state index contributed by atoms with van der Waals surface area (Å²) in [4.78, 5) is 26.2. The van der Waals surface area contributed by atoms with E-state index in [2.05, 4.69) is 68.1 Å². The number of rotatable bonds is 11. The van der Waals surface area contributed by atoms with Crippen molar-refractivity contribution in [1.29, 1.82) is 0 Å². The molecule has 1 aliphatic carbocycles. The molecule has 59 heavy (non-hydrogen) atoms. The predicted molar refractivity (Wildman–Crippen MR) is 232 cm³/mol. The number of phenols is 1. The van der Waals surface area contributed by atoms with Crippen molar-refractivity contribution in [2.75, 3.05) is 51.3 Å². The van der Waals surface area contributed by atoms with Gasteiger partial charge in [-0.3, -0.25) is 4.79 Å². The Balaban J connectivity index is 1.20. The molecule has 2 N–H and O–H groups in total. The highest BCUT2D eigenvalue weighted by Crippen LogP contribution is 2.48. The minimum Gasteiger partial charge on any atom is -0.508 e. The lowest BCUT2D eigenvalue weighted by molar-refractivity contribution is -0.147. The highest BCUT2D eigenvalue weighted by Gasteiger charge is 2.46. The molecule has 0 spiro atoms. The van der Waals surface area contributed by atoms with Crippen LogP contribution >= 0.6 is 0 Å². The second kappa shape index (κ2) is 16.3. The second-order valence-corrected chi connectivity index (χ2v) is 24.3. The number of carbonyl (C=O) groups is 1. The average Bonchev–Trinajstić information content (AvgIpc) is 3.89. The standard InChI is InChI=1S/C47H59F2N5O4Si/c1-28(2)59(29(3)4,30(5)6)20-15-31-9-8-10-33-21-36(55)22-37(40(31)33)41-39(48)23-38-43(42(41)49)51-46(52-44(38)54-24-34-11-12-35(25-54)50-34)58-27-47(16-17-47)26-53-18-13-32(14-19-53)45(56)57-7/h8-10,21-23,28-30,32,34-35,50,55H,11-14,16-19,24-27H2,1-7H3. The quantitative estimate of drug-likeness (QED) is 0.0873. The number of methoxy groups -OCH3 is 1. The number of carbonyl (C=O) groups excluding carboxylic acids is 1. The number of piperidine rings is 1. The topological polar surface area (TPSA) is 100 Å². The fraction of sp³-hybridized carbons (Fsp3) is 0.553. The molecule has 9 nitrogen and oxygen atoms in total. The summed E-state index contributed by atoms with van der Waals surface area (Å²) in [5, 5.41) is 16.2. The summed E-state index contributed by atoms with van der Waals surface area (Å²) < 4.78 is 45.8. The van der Waals surface area contributed by atoms with Crippen molar-refractivity contribution < 1.29 is 28.2 Å². The minimum absolute atomic E-state index is 0.0204. The zero-order chi connectivity index (χ0) is 41.8. The Hall–Kier alpha value is -4.31. The normalized spacial score (nSPS) is 20.8. The molecule has 0 radical (unpaired) electrons. The summed E-state index contributed by atoms with van der Waals surface area (Å²) in [6.07, 6.45) is 5.57. The first-order valence-electron chi connectivity index (χ1n) is 21.6. The van der Waals surface area contributed by atoms with Crippen LogP contribution in [-0.2, 0) is 9.53 Å². The number of phenolic OH excluding ortho intramolecular Hbond substituents is 1. The van der Waals surface area contributed by atoms with Gasteiger partial charge in [-0.1, -0.05) is 59.6 Å². The maximum absolute atomic E-state index is 17.5. The second-order valence-electron chi connectivity index (χ2n) is 18.7. The van der Waals surface area contributed by atoms with Crippen LogP contribution in [0.2, 0.25) is 16.6 Å². The van der Waals surface area contributed by atoms with Crippen molar-refractivity contribution in [1.82, 2.24) is 20.2 Å². The molecule has 8 rings (SSSR count). The van der Waals surface area contributed by atoms with Crippen LogP contribution in [-0.4, -0.2) is 92.5 Å². The van der Waals surface area contributed by atoms with Gasteiger partial charge in [0.2, 0.25) is 0 Å². The summed E-state index contributed by atoms with van der Waals surface area (Å²) in [5.74, 6) is 2.11. The van der Waals surface area contributed by atoms with Crippen LogP contribution in [0, 0.1) is 34.4 Å². The molecule has 2 unspecified atom stereocenters. The van der Waals surface area contributed by atoms with Gasteiger partial charge in [0.25, 0.3) is 0 Å². The number of likely N-dealkylation sites (tertiary alicyclic amines) is 1. The molecule has 3 aliphatic heterocycles. The van der Waals surface area contributed by atoms with Gasteiger partial charge in [0.1, 0.15) is 31.0 Å². The van der Waals surface area contributed by atoms with E-state index in [1.165, 1.54) is 19.2 Å². The lowest BCUT2D eigenvalue weighted by Crippen LogP contribution is -2.51. The maximum atomic E-state index is 17.5. The van der Waals surface area contributed by atoms with Crippen LogP contribution in [0.25, 0.3) is 32.8 Å². The summed E-state index contributed by atoms with van der Waals surface area (Å²) in [5.41, 5.74) is 5.52. The van der Waals surface area contributed by atoms with E-state index in [9.17, 15) is 9.90 Å². The number of benzene rings is 3. The van der Waals surface area contributed by atoms with E-state index in [4.69, 9.17) is 19.4 Å². The Kier molecular flexibility index (Phi) is 11.4. The molecule has 4 fully saturated rings. The molecule has 3 saturated heterocycles. The van der Waals surface area contributed by atoms with E-state index >= 15 is 8.78 Å². The Morgan fingerprint density at radius 2 is 1.66 bits per heavy atom. The lowest BCUT2D eigenvalue weighted by Gasteiger charge is -2.38. The van der Waals surface area contributed by atoms with Gasteiger partial charge < -0.3 is 29.7 Å². The van der Waals surface area contributed by atoms with Gasteiger partial charge in [-0.05, 0) is 97.9 Å². The summed E-state index contributed by atoms with van der Waals surface area (Å²) >= 11 is 0. The number of ether oxygens (including phenoxy) is 2. The summed E-state index contributed by atoms with van der Waals surface area (Å²) in [6, 6.07) is 10.6. The number of fused-ring (bicyclic) bond motifs is 4. The number of aromatic nitrogens is 2. The highest BCUT2D eigenvalue weighted by molar-refractivity contribution is 6.90. The molecule has 314 valence electrons. The van der Waals surface area contributed by atoms with Crippen LogP contribution in [0.4, 0.5) is 14.6 Å². The average molecular weight is 824 g/mol. The summed E-state index contributed by atoms with van der Waals surface area (Å²) in [6.45, 7) is 17.7. The van der Waals surface area contributed by atoms with E-state index in [0.29, 0.717) is 58.5 Å². The Morgan fingerprint density at radius 1 is 0.983 bits per heavy atom. The molecule has 3 aromatic carbocycles. The molecule has 4 aliphatic rings. The van der Waals surface area contributed by atoms with E-state index < -0.39 is 19.7 Å². The van der Waals surface area contributed by atoms with Gasteiger partial charge >= 0.3 is 12.0 Å². The monoisotopic (exact) mass is 823 g/mol. The zero-order valence-electron chi connectivity index (χ0n) is 35.6. The third-order valence-electron chi connectivity index (χ3n) is 14.0. The van der Waals surface area contributed by atoms with Crippen molar-refractivity contribution in [2.24, 2.45) is 11.3 Å². The Labute approximate surface area is 348 Å². The molecular weight excluding hydrogens is 765 g/mol. The van der Waals surface area contributed by atoms with Gasteiger partial charge in [0.15, 0.2) is 5.82 Å². The predicted octanol–water partition coefficient (Wildman–Crippen LogP) is 8.99. The zero-order valence-corrected chi connectivity index (χ0v) is 36.6. The molecule has 2 atom stereocenters. The number of piperazine rings is 1. The molecule has 0 amide bonds. The van der Waals surface area contributed by atoms with Gasteiger partial charge in [0, 0.05) is 59.0 Å². The third kappa shape index (κ3) is 7.91. The van der Waals surface area contributed by atoms with E-state index in [0.717, 1.165) is 58.2 Å². The highest BCUT2D eigenvalue weighted by atomic mass is 28.3. The number of nitrogens with one attached hydrogen (secondary N) is 1. The van der Waals surface area contributed by atoms with Crippen molar-refractivity contribution in [3.63, 3.8) is 0 Å². The lowest BCUT2D eigenvalue weighted by atomic mass is 9.93. The molecule has 1 saturated carbocycles. The smallest absolute Gasteiger partial charge is 0.319 e. The van der Waals surface area contributed by atoms with Crippen LogP contribution in [0.3, 0.4) is 0 Å². The first kappa shape index (κ1) is 41.4. The van der Waals surface area contributed by atoms with Gasteiger partial charge in [-0.25, -0.2) is 8.78 Å². The van der Waals surface area contributed by atoms with Crippen molar-refractivity contribution in [3.8, 4) is 34.4 Å². The number of hydrogen-bond donors (Lipinski definition) is 2. The van der Waals surface area contributed by atoms with Crippen LogP contribution in [0.1, 0.15) is 85.6 Å². The number of halogens is 2. The molecule has 12 heteroatoms. The molecular formula is C47H59F2N5O4Si. The molecule has 4 heterocycles. The van der Waals surface area contributed by atoms with E-state index in [1.54, 1.807) is 6.07 Å². The minimum atomic E-state index is -2.15. The van der Waals surface area contributed by atoms with Crippen molar-refractivity contribution in [3.05, 3.63) is 53.6 Å². The largest absolute Gasteiger partial charge is 0.508 e. The Bertz CT molecular complexity index is 2280. The fourth-order valence-corrected chi connectivity index (χ4v) is 15.9. The van der Waals surface area contributed by atoms with Crippen LogP contribution < -0.4 is 15.0 Å². The number of hydrogen-bond acceptors (Lipinski definition) is 9. The number of anilines is 1. The Morgan fingerprint density at radius 3 is 2.29 bits per heavy atom. The maximum Gasteiger partial charge on any atom is 0.319 e. The third-order valence-corrected chi connectivity index (χ3v) is 20.3. The van der Waals surface area contributed by atoms with Crippen LogP contribution in [0.15, 0.2) is 36.4 Å². The van der Waals surface area contributed by atoms with Crippen molar-refractivity contribution in [2.45, 2.75) is 109 Å². The van der Waals surface area contributed by atoms with Crippen molar-refractivity contribution >= 4 is 41.5 Å². The number of nitrogens with zero attached hydrogens (tertiary/aromatic N) is 4. The first-order chi connectivity index (χ1) is 28.2. The van der Waals surface area contributed by atoms with E-state index in [-0.39, 0.29) is 63.2 Å². The molecule has 4 aromatic rings. The fourth-order valence-electron chi connectivity index (χ4n) is 10.7. The molecule has 1 aromatic heterocycles. The van der Waals surface area contributed by atoms with E-state index in [1.807, 2.05) is 18.2 Å². The molecule has 2 bridgehead atoms. The first-order valence-corrected chi connectivity index (χ1v) is 23.9.